The number of hydrogen-bond acceptors (Lipinski definition) is 3. The van der Waals surface area contributed by atoms with Crippen LogP contribution in [0.15, 0.2) is 30.3 Å². The van der Waals surface area contributed by atoms with Crippen LogP contribution in [-0.4, -0.2) is 48.3 Å². The summed E-state index contributed by atoms with van der Waals surface area (Å²) >= 11 is 0. The van der Waals surface area contributed by atoms with Gasteiger partial charge in [-0.2, -0.15) is 0 Å². The maximum atomic E-state index is 12.7. The van der Waals surface area contributed by atoms with Crippen LogP contribution in [0.2, 0.25) is 0 Å². The first kappa shape index (κ1) is 18.7. The topological polar surface area (TPSA) is 40.6 Å². The first-order valence-electron chi connectivity index (χ1n) is 7.64. The number of benzene rings is 1. The van der Waals surface area contributed by atoms with Crippen molar-refractivity contribution in [2.75, 3.05) is 26.7 Å². The molecule has 1 aliphatic rings. The molecule has 2 rings (SSSR count). The third-order valence-electron chi connectivity index (χ3n) is 4.62. The molecule has 0 aliphatic carbocycles. The molecule has 1 unspecified atom stereocenters. The van der Waals surface area contributed by atoms with Crippen molar-refractivity contribution in [3.63, 3.8) is 0 Å². The molecule has 1 aromatic rings. The van der Waals surface area contributed by atoms with Gasteiger partial charge in [0.1, 0.15) is 0 Å². The molecular formula is C17H25ClN2O2. The van der Waals surface area contributed by atoms with Crippen LogP contribution in [0, 0.1) is 0 Å². The summed E-state index contributed by atoms with van der Waals surface area (Å²) in [5.41, 5.74) is 0.273. The summed E-state index contributed by atoms with van der Waals surface area (Å²) in [5, 5.41) is 0. The Morgan fingerprint density at radius 1 is 1.14 bits per heavy atom. The highest BCUT2D eigenvalue weighted by Gasteiger charge is 2.50. The Morgan fingerprint density at radius 2 is 1.73 bits per heavy atom. The second-order valence-electron chi connectivity index (χ2n) is 5.66. The van der Waals surface area contributed by atoms with E-state index in [4.69, 9.17) is 0 Å². The quantitative estimate of drug-likeness (QED) is 0.755. The summed E-state index contributed by atoms with van der Waals surface area (Å²) in [6, 6.07) is 9.74. The zero-order valence-electron chi connectivity index (χ0n) is 13.5. The summed E-state index contributed by atoms with van der Waals surface area (Å²) in [6.07, 6.45) is 0.973. The number of amides is 2. The second-order valence-corrected chi connectivity index (χ2v) is 5.66. The Kier molecular flexibility index (Phi) is 6.57. The number of carbonyl (C=O) groups is 2. The fraction of sp³-hybridized carbons (Fsp3) is 0.529. The zero-order valence-corrected chi connectivity index (χ0v) is 14.4. The summed E-state index contributed by atoms with van der Waals surface area (Å²) in [7, 11) is 1.59. The van der Waals surface area contributed by atoms with Crippen LogP contribution in [0.3, 0.4) is 0 Å². The van der Waals surface area contributed by atoms with E-state index < -0.39 is 5.41 Å². The van der Waals surface area contributed by atoms with Crippen molar-refractivity contribution in [1.29, 1.82) is 0 Å². The lowest BCUT2D eigenvalue weighted by molar-refractivity contribution is -0.138. The second kappa shape index (κ2) is 7.75. The Labute approximate surface area is 138 Å². The lowest BCUT2D eigenvalue weighted by Gasteiger charge is -2.29. The minimum atomic E-state index is -0.685. The highest BCUT2D eigenvalue weighted by atomic mass is 35.5. The minimum Gasteiger partial charge on any atom is -0.304 e. The predicted octanol–water partition coefficient (Wildman–Crippen LogP) is 2.47. The lowest BCUT2D eigenvalue weighted by Crippen LogP contribution is -2.40. The Balaban J connectivity index is 0.00000242. The van der Waals surface area contributed by atoms with Gasteiger partial charge < -0.3 is 4.90 Å². The number of nitrogens with zero attached hydrogens (tertiary/aromatic N) is 2. The number of rotatable bonds is 6. The van der Waals surface area contributed by atoms with E-state index >= 15 is 0 Å². The van der Waals surface area contributed by atoms with E-state index in [0.717, 1.165) is 25.2 Å². The molecule has 4 nitrogen and oxygen atoms in total. The third-order valence-corrected chi connectivity index (χ3v) is 4.62. The van der Waals surface area contributed by atoms with Crippen molar-refractivity contribution < 1.29 is 9.59 Å². The van der Waals surface area contributed by atoms with Crippen LogP contribution >= 0.6 is 12.4 Å². The molecule has 0 spiro atoms. The molecule has 0 bridgehead atoms. The molecule has 0 aromatic heterocycles. The highest BCUT2D eigenvalue weighted by molar-refractivity contribution is 6.08. The molecule has 1 heterocycles. The van der Waals surface area contributed by atoms with Crippen LogP contribution < -0.4 is 0 Å². The molecule has 1 saturated heterocycles. The number of likely N-dealkylation sites (tertiary alicyclic amines) is 1. The van der Waals surface area contributed by atoms with E-state index in [0.29, 0.717) is 6.42 Å². The third kappa shape index (κ3) is 3.33. The van der Waals surface area contributed by atoms with Crippen molar-refractivity contribution in [3.8, 4) is 0 Å². The molecule has 122 valence electrons. The van der Waals surface area contributed by atoms with Gasteiger partial charge in [-0.3, -0.25) is 14.5 Å². The SMILES string of the molecule is CCN(CC)CCC1(c2ccccc2)CC(=O)N(C)C1=O.Cl. The average molecular weight is 325 g/mol. The van der Waals surface area contributed by atoms with E-state index in [1.165, 1.54) is 4.90 Å². The van der Waals surface area contributed by atoms with Crippen molar-refractivity contribution in [2.45, 2.75) is 32.1 Å². The molecule has 0 radical (unpaired) electrons. The maximum absolute atomic E-state index is 12.7. The number of hydrogen-bond donors (Lipinski definition) is 0. The fourth-order valence-corrected chi connectivity index (χ4v) is 3.10. The number of carbonyl (C=O) groups excluding carboxylic acids is 2. The Morgan fingerprint density at radius 3 is 2.18 bits per heavy atom. The maximum Gasteiger partial charge on any atom is 0.240 e. The van der Waals surface area contributed by atoms with Gasteiger partial charge in [0.25, 0.3) is 0 Å². The van der Waals surface area contributed by atoms with E-state index in [1.54, 1.807) is 7.05 Å². The Hall–Kier alpha value is -1.39. The Bertz CT molecular complexity index is 517. The molecule has 1 aliphatic heterocycles. The zero-order chi connectivity index (χ0) is 15.5. The van der Waals surface area contributed by atoms with Gasteiger partial charge in [-0.15, -0.1) is 12.4 Å². The van der Waals surface area contributed by atoms with Gasteiger partial charge in [0.05, 0.1) is 5.41 Å². The first-order valence-corrected chi connectivity index (χ1v) is 7.64. The molecule has 0 saturated carbocycles. The normalized spacial score (nSPS) is 21.4. The van der Waals surface area contributed by atoms with Crippen LogP contribution in [0.25, 0.3) is 0 Å². The van der Waals surface area contributed by atoms with Gasteiger partial charge >= 0.3 is 0 Å². The standard InChI is InChI=1S/C17H24N2O2.ClH/c1-4-19(5-2)12-11-17(14-9-7-6-8-10-14)13-15(20)18(3)16(17)21;/h6-10H,4-5,11-13H2,1-3H3;1H. The summed E-state index contributed by atoms with van der Waals surface area (Å²) < 4.78 is 0. The molecule has 0 N–H and O–H groups in total. The summed E-state index contributed by atoms with van der Waals surface area (Å²) in [5.74, 6) is -0.144. The summed E-state index contributed by atoms with van der Waals surface area (Å²) in [4.78, 5) is 28.3. The predicted molar refractivity (Wildman–Crippen MR) is 90.2 cm³/mol. The average Bonchev–Trinajstić information content (AvgIpc) is 2.74. The lowest BCUT2D eigenvalue weighted by atomic mass is 9.76. The van der Waals surface area contributed by atoms with E-state index in [9.17, 15) is 9.59 Å². The molecule has 5 heteroatoms. The minimum absolute atomic E-state index is 0. The van der Waals surface area contributed by atoms with Crippen LogP contribution in [0.5, 0.6) is 0 Å². The molecule has 1 aromatic carbocycles. The van der Waals surface area contributed by atoms with E-state index in [1.807, 2.05) is 30.3 Å². The van der Waals surface area contributed by atoms with Crippen molar-refractivity contribution in [1.82, 2.24) is 9.80 Å². The molecule has 1 fully saturated rings. The van der Waals surface area contributed by atoms with Gasteiger partial charge in [0, 0.05) is 13.5 Å². The van der Waals surface area contributed by atoms with Gasteiger partial charge in [0.15, 0.2) is 0 Å². The first-order chi connectivity index (χ1) is 10.0. The highest BCUT2D eigenvalue weighted by Crippen LogP contribution is 2.39. The molecule has 2 amide bonds. The smallest absolute Gasteiger partial charge is 0.240 e. The number of imide groups is 1. The van der Waals surface area contributed by atoms with Gasteiger partial charge in [0.2, 0.25) is 11.8 Å². The van der Waals surface area contributed by atoms with Crippen LogP contribution in [0.1, 0.15) is 32.3 Å². The number of halogens is 1. The van der Waals surface area contributed by atoms with Crippen LogP contribution in [0.4, 0.5) is 0 Å². The van der Waals surface area contributed by atoms with Gasteiger partial charge in [-0.1, -0.05) is 44.2 Å². The molecule has 22 heavy (non-hydrogen) atoms. The van der Waals surface area contributed by atoms with Crippen molar-refractivity contribution in [2.24, 2.45) is 0 Å². The fourth-order valence-electron chi connectivity index (χ4n) is 3.10. The van der Waals surface area contributed by atoms with Gasteiger partial charge in [-0.25, -0.2) is 0 Å². The molecular weight excluding hydrogens is 300 g/mol. The van der Waals surface area contributed by atoms with Crippen molar-refractivity contribution >= 4 is 24.2 Å². The van der Waals surface area contributed by atoms with Gasteiger partial charge in [-0.05, 0) is 31.6 Å². The molecule has 1 atom stereocenters. The number of likely N-dealkylation sites (N-methyl/N-ethyl adjacent to an activating group) is 1. The van der Waals surface area contributed by atoms with E-state index in [-0.39, 0.29) is 30.6 Å². The van der Waals surface area contributed by atoms with Crippen molar-refractivity contribution in [3.05, 3.63) is 35.9 Å². The summed E-state index contributed by atoms with van der Waals surface area (Å²) in [6.45, 7) is 6.98. The largest absolute Gasteiger partial charge is 0.304 e. The van der Waals surface area contributed by atoms with Crippen LogP contribution in [-0.2, 0) is 15.0 Å². The van der Waals surface area contributed by atoms with E-state index in [2.05, 4.69) is 18.7 Å². The monoisotopic (exact) mass is 324 g/mol.